The minimum Gasteiger partial charge on any atom is -0.376 e. The molecule has 4 nitrogen and oxygen atoms in total. The average molecular weight is 403 g/mol. The highest BCUT2D eigenvalue weighted by molar-refractivity contribution is 14.0. The van der Waals surface area contributed by atoms with Crippen LogP contribution in [0.25, 0.3) is 0 Å². The van der Waals surface area contributed by atoms with Gasteiger partial charge in [0, 0.05) is 12.3 Å². The van der Waals surface area contributed by atoms with E-state index in [0.717, 1.165) is 38.0 Å². The van der Waals surface area contributed by atoms with Gasteiger partial charge in [0.15, 0.2) is 5.96 Å². The molecule has 3 N–H and O–H groups in total. The lowest BCUT2D eigenvalue weighted by Gasteiger charge is -2.15. The number of rotatable bonds is 5. The summed E-state index contributed by atoms with van der Waals surface area (Å²) in [5.74, 6) is 0.483. The molecule has 1 aliphatic heterocycles. The second-order valence-electron chi connectivity index (χ2n) is 5.14. The summed E-state index contributed by atoms with van der Waals surface area (Å²) >= 11 is 0. The number of nitrogens with one attached hydrogen (secondary N) is 1. The summed E-state index contributed by atoms with van der Waals surface area (Å²) in [5, 5.41) is 3.28. The lowest BCUT2D eigenvalue weighted by molar-refractivity contribution is 0.118. The van der Waals surface area contributed by atoms with Gasteiger partial charge in [0.1, 0.15) is 0 Å². The van der Waals surface area contributed by atoms with Gasteiger partial charge in [0.25, 0.3) is 0 Å². The normalized spacial score (nSPS) is 18.4. The first-order valence-corrected chi connectivity index (χ1v) is 7.53. The Balaban J connectivity index is 0.00000220. The Bertz CT molecular complexity index is 448. The van der Waals surface area contributed by atoms with Crippen molar-refractivity contribution in [3.8, 4) is 0 Å². The number of anilines is 1. The van der Waals surface area contributed by atoms with E-state index in [1.807, 2.05) is 0 Å². The summed E-state index contributed by atoms with van der Waals surface area (Å²) in [7, 11) is 0. The number of halogens is 1. The maximum absolute atomic E-state index is 6.01. The van der Waals surface area contributed by atoms with Crippen LogP contribution in [0, 0.1) is 0 Å². The SMILES string of the molecule is CCc1cccc(CC)c1NC(N)=NCC1CCCO1.I. The highest BCUT2D eigenvalue weighted by Gasteiger charge is 2.15. The van der Waals surface area contributed by atoms with Crippen molar-refractivity contribution >= 4 is 35.6 Å². The molecule has 0 aliphatic carbocycles. The van der Waals surface area contributed by atoms with Crippen molar-refractivity contribution in [2.75, 3.05) is 18.5 Å². The summed E-state index contributed by atoms with van der Waals surface area (Å²) in [5.41, 5.74) is 9.69. The Labute approximate surface area is 144 Å². The third-order valence-corrected chi connectivity index (χ3v) is 3.74. The van der Waals surface area contributed by atoms with E-state index in [-0.39, 0.29) is 30.1 Å². The first-order chi connectivity index (χ1) is 9.74. The predicted molar refractivity (Wildman–Crippen MR) is 99.7 cm³/mol. The zero-order chi connectivity index (χ0) is 14.4. The Kier molecular flexibility index (Phi) is 8.03. The van der Waals surface area contributed by atoms with Crippen molar-refractivity contribution in [3.63, 3.8) is 0 Å². The molecule has 1 aromatic carbocycles. The molecule has 0 amide bonds. The highest BCUT2D eigenvalue weighted by atomic mass is 127. The van der Waals surface area contributed by atoms with Crippen LogP contribution in [-0.2, 0) is 17.6 Å². The van der Waals surface area contributed by atoms with E-state index in [1.165, 1.54) is 11.1 Å². The molecule has 1 heterocycles. The molecular formula is C16H26IN3O. The molecular weight excluding hydrogens is 377 g/mol. The molecule has 0 radical (unpaired) electrons. The highest BCUT2D eigenvalue weighted by Crippen LogP contribution is 2.22. The topological polar surface area (TPSA) is 59.6 Å². The van der Waals surface area contributed by atoms with Gasteiger partial charge in [-0.2, -0.15) is 0 Å². The number of ether oxygens (including phenoxy) is 1. The van der Waals surface area contributed by atoms with Crippen molar-refractivity contribution in [1.29, 1.82) is 0 Å². The maximum atomic E-state index is 6.01. The fourth-order valence-electron chi connectivity index (χ4n) is 2.56. The van der Waals surface area contributed by atoms with Gasteiger partial charge < -0.3 is 15.8 Å². The summed E-state index contributed by atoms with van der Waals surface area (Å²) in [6.45, 7) is 5.81. The lowest BCUT2D eigenvalue weighted by atomic mass is 10.0. The molecule has 1 saturated heterocycles. The lowest BCUT2D eigenvalue weighted by Crippen LogP contribution is -2.26. The second-order valence-corrected chi connectivity index (χ2v) is 5.14. The van der Waals surface area contributed by atoms with Crippen molar-refractivity contribution in [1.82, 2.24) is 0 Å². The number of hydrogen-bond acceptors (Lipinski definition) is 2. The molecule has 0 spiro atoms. The summed E-state index contributed by atoms with van der Waals surface area (Å²) in [4.78, 5) is 4.41. The van der Waals surface area contributed by atoms with E-state index in [9.17, 15) is 0 Å². The number of para-hydroxylation sites is 1. The van der Waals surface area contributed by atoms with E-state index in [2.05, 4.69) is 42.4 Å². The quantitative estimate of drug-likeness (QED) is 0.451. The molecule has 1 fully saturated rings. The van der Waals surface area contributed by atoms with Gasteiger partial charge in [0.2, 0.25) is 0 Å². The third kappa shape index (κ3) is 5.14. The molecule has 118 valence electrons. The Morgan fingerprint density at radius 3 is 2.52 bits per heavy atom. The van der Waals surface area contributed by atoms with Crippen LogP contribution in [0.3, 0.4) is 0 Å². The molecule has 1 aromatic rings. The first kappa shape index (κ1) is 18.2. The summed E-state index contributed by atoms with van der Waals surface area (Å²) in [6.07, 6.45) is 4.42. The Hall–Kier alpha value is -0.820. The van der Waals surface area contributed by atoms with Crippen LogP contribution in [0.2, 0.25) is 0 Å². The van der Waals surface area contributed by atoms with E-state index < -0.39 is 0 Å². The number of nitrogens with zero attached hydrogens (tertiary/aromatic N) is 1. The van der Waals surface area contributed by atoms with Gasteiger partial charge in [-0.25, -0.2) is 0 Å². The van der Waals surface area contributed by atoms with E-state index in [4.69, 9.17) is 10.5 Å². The van der Waals surface area contributed by atoms with Crippen LogP contribution in [0.4, 0.5) is 5.69 Å². The van der Waals surface area contributed by atoms with Crippen LogP contribution in [-0.4, -0.2) is 25.2 Å². The Morgan fingerprint density at radius 2 is 2.00 bits per heavy atom. The zero-order valence-electron chi connectivity index (χ0n) is 12.9. The molecule has 1 unspecified atom stereocenters. The van der Waals surface area contributed by atoms with Crippen LogP contribution in [0.15, 0.2) is 23.2 Å². The van der Waals surface area contributed by atoms with E-state index in [0.29, 0.717) is 12.5 Å². The molecule has 0 bridgehead atoms. The Morgan fingerprint density at radius 1 is 1.33 bits per heavy atom. The van der Waals surface area contributed by atoms with Crippen molar-refractivity contribution in [2.45, 2.75) is 45.6 Å². The number of guanidine groups is 1. The molecule has 0 aromatic heterocycles. The fourth-order valence-corrected chi connectivity index (χ4v) is 2.56. The largest absolute Gasteiger partial charge is 0.376 e. The number of aliphatic imine (C=N–C) groups is 1. The van der Waals surface area contributed by atoms with Crippen molar-refractivity contribution in [3.05, 3.63) is 29.3 Å². The standard InChI is InChI=1S/C16H25N3O.HI/c1-3-12-7-5-8-13(4-2)15(12)19-16(17)18-11-14-9-6-10-20-14;/h5,7-8,14H,3-4,6,9-11H2,1-2H3,(H3,17,18,19);1H. The van der Waals surface area contributed by atoms with Gasteiger partial charge in [-0.15, -0.1) is 24.0 Å². The minimum absolute atomic E-state index is 0. The van der Waals surface area contributed by atoms with E-state index in [1.54, 1.807) is 0 Å². The first-order valence-electron chi connectivity index (χ1n) is 7.53. The second kappa shape index (κ2) is 9.25. The number of benzene rings is 1. The van der Waals surface area contributed by atoms with Crippen LogP contribution >= 0.6 is 24.0 Å². The third-order valence-electron chi connectivity index (χ3n) is 3.74. The van der Waals surface area contributed by atoms with Gasteiger partial charge in [0.05, 0.1) is 12.6 Å². The van der Waals surface area contributed by atoms with Gasteiger partial charge in [-0.1, -0.05) is 32.0 Å². The molecule has 2 rings (SSSR count). The molecule has 0 saturated carbocycles. The smallest absolute Gasteiger partial charge is 0.193 e. The van der Waals surface area contributed by atoms with Crippen molar-refractivity contribution < 1.29 is 4.74 Å². The zero-order valence-corrected chi connectivity index (χ0v) is 15.2. The van der Waals surface area contributed by atoms with Gasteiger partial charge in [-0.3, -0.25) is 4.99 Å². The number of hydrogen-bond donors (Lipinski definition) is 2. The number of nitrogens with two attached hydrogens (primary N) is 1. The molecule has 1 aliphatic rings. The average Bonchev–Trinajstić information content (AvgIpc) is 2.98. The van der Waals surface area contributed by atoms with E-state index >= 15 is 0 Å². The fraction of sp³-hybridized carbons (Fsp3) is 0.562. The molecule has 5 heteroatoms. The van der Waals surface area contributed by atoms with Crippen molar-refractivity contribution in [2.24, 2.45) is 10.7 Å². The minimum atomic E-state index is 0. The van der Waals surface area contributed by atoms with Crippen LogP contribution in [0.5, 0.6) is 0 Å². The summed E-state index contributed by atoms with van der Waals surface area (Å²) < 4.78 is 5.55. The van der Waals surface area contributed by atoms with Gasteiger partial charge >= 0.3 is 0 Å². The van der Waals surface area contributed by atoms with Crippen LogP contribution < -0.4 is 11.1 Å². The number of aryl methyl sites for hydroxylation is 2. The maximum Gasteiger partial charge on any atom is 0.193 e. The molecule has 21 heavy (non-hydrogen) atoms. The predicted octanol–water partition coefficient (Wildman–Crippen LogP) is 3.34. The monoisotopic (exact) mass is 403 g/mol. The summed E-state index contributed by atoms with van der Waals surface area (Å²) in [6, 6.07) is 6.37. The van der Waals surface area contributed by atoms with Crippen LogP contribution in [0.1, 0.15) is 37.8 Å². The van der Waals surface area contributed by atoms with Gasteiger partial charge in [-0.05, 0) is 36.8 Å². The molecule has 1 atom stereocenters.